The van der Waals surface area contributed by atoms with Crippen LogP contribution >= 0.6 is 0 Å². The van der Waals surface area contributed by atoms with Gasteiger partial charge in [0.1, 0.15) is 12.1 Å². The number of likely N-dealkylation sites (tertiary alicyclic amines) is 1. The Bertz CT molecular complexity index is 803. The number of urea groups is 1. The molecule has 2 amide bonds. The van der Waals surface area contributed by atoms with Crippen LogP contribution in [0.4, 0.5) is 20.7 Å². The molecular formula is C17H21FN6O2. The number of anilines is 2. The van der Waals surface area contributed by atoms with Gasteiger partial charge in [0.05, 0.1) is 0 Å². The number of likely N-dealkylation sites (N-methyl/N-ethyl adjacent to an activating group) is 2. The first-order valence-electron chi connectivity index (χ1n) is 8.19. The zero-order valence-electron chi connectivity index (χ0n) is 14.6. The van der Waals surface area contributed by atoms with Crippen LogP contribution in [0.15, 0.2) is 30.6 Å². The highest BCUT2D eigenvalue weighted by atomic mass is 19.1. The molecular weight excluding hydrogens is 339 g/mol. The van der Waals surface area contributed by atoms with Crippen molar-refractivity contribution in [1.82, 2.24) is 19.8 Å². The van der Waals surface area contributed by atoms with Gasteiger partial charge in [-0.2, -0.15) is 0 Å². The molecule has 1 atom stereocenters. The fourth-order valence-electron chi connectivity index (χ4n) is 2.77. The number of carbonyl (C=O) groups is 1. The fraction of sp³-hybridized carbons (Fsp3) is 0.353. The summed E-state index contributed by atoms with van der Waals surface area (Å²) < 4.78 is 19.2. The molecule has 9 heteroatoms. The van der Waals surface area contributed by atoms with E-state index in [-0.39, 0.29) is 29.5 Å². The standard InChI is InChI=1S/C17H21FN6O2/c1-23-6-5-12(9-23)24(2)17(25)22-15-8-16(21-10-20-15)26-14-4-3-11(19)7-13(14)18/h3-4,7-8,10,12H,5-6,9,19H2,1-2H3,(H,20,21,22,25). The third kappa shape index (κ3) is 4.17. The van der Waals surface area contributed by atoms with Crippen LogP contribution in [-0.4, -0.2) is 59.0 Å². The second kappa shape index (κ2) is 7.52. The number of hydrogen-bond acceptors (Lipinski definition) is 6. The third-order valence-electron chi connectivity index (χ3n) is 4.28. The molecule has 0 radical (unpaired) electrons. The van der Waals surface area contributed by atoms with Crippen LogP contribution in [0.5, 0.6) is 11.6 Å². The van der Waals surface area contributed by atoms with Crippen molar-refractivity contribution in [2.24, 2.45) is 0 Å². The van der Waals surface area contributed by atoms with Crippen LogP contribution < -0.4 is 15.8 Å². The van der Waals surface area contributed by atoms with Gasteiger partial charge in [0.15, 0.2) is 11.6 Å². The number of carbonyl (C=O) groups excluding carboxylic acids is 1. The van der Waals surface area contributed by atoms with Crippen LogP contribution in [0.25, 0.3) is 0 Å². The van der Waals surface area contributed by atoms with Crippen molar-refractivity contribution in [1.29, 1.82) is 0 Å². The quantitative estimate of drug-likeness (QED) is 0.811. The molecule has 2 heterocycles. The molecule has 3 rings (SSSR count). The number of ether oxygens (including phenoxy) is 1. The predicted molar refractivity (Wildman–Crippen MR) is 95.6 cm³/mol. The Labute approximate surface area is 150 Å². The van der Waals surface area contributed by atoms with Crippen molar-refractivity contribution in [2.45, 2.75) is 12.5 Å². The number of halogens is 1. The number of nitrogens with one attached hydrogen (secondary N) is 1. The predicted octanol–water partition coefficient (Wildman–Crippen LogP) is 2.16. The second-order valence-electron chi connectivity index (χ2n) is 6.28. The van der Waals surface area contributed by atoms with Gasteiger partial charge in [-0.1, -0.05) is 0 Å². The number of benzene rings is 1. The molecule has 0 saturated carbocycles. The number of nitrogens with two attached hydrogens (primary N) is 1. The molecule has 138 valence electrons. The highest BCUT2D eigenvalue weighted by molar-refractivity contribution is 5.88. The maximum absolute atomic E-state index is 13.8. The SMILES string of the molecule is CN1CCC(N(C)C(=O)Nc2cc(Oc3ccc(N)cc3F)ncn2)C1. The summed E-state index contributed by atoms with van der Waals surface area (Å²) >= 11 is 0. The second-order valence-corrected chi connectivity index (χ2v) is 6.28. The van der Waals surface area contributed by atoms with Crippen molar-refractivity contribution in [3.63, 3.8) is 0 Å². The average molecular weight is 360 g/mol. The maximum atomic E-state index is 13.8. The lowest BCUT2D eigenvalue weighted by Gasteiger charge is -2.24. The van der Waals surface area contributed by atoms with E-state index in [0.717, 1.165) is 25.6 Å². The highest BCUT2D eigenvalue weighted by Gasteiger charge is 2.26. The Morgan fingerprint density at radius 2 is 2.23 bits per heavy atom. The Kier molecular flexibility index (Phi) is 5.17. The summed E-state index contributed by atoms with van der Waals surface area (Å²) in [5, 5.41) is 2.71. The van der Waals surface area contributed by atoms with Gasteiger partial charge in [-0.25, -0.2) is 19.2 Å². The smallest absolute Gasteiger partial charge is 0.323 e. The van der Waals surface area contributed by atoms with Gasteiger partial charge in [0.2, 0.25) is 5.88 Å². The number of amides is 2. The van der Waals surface area contributed by atoms with Crippen LogP contribution in [0.2, 0.25) is 0 Å². The van der Waals surface area contributed by atoms with Gasteiger partial charge in [0.25, 0.3) is 0 Å². The number of rotatable bonds is 4. The molecule has 0 aliphatic carbocycles. The Morgan fingerprint density at radius 1 is 1.42 bits per heavy atom. The zero-order chi connectivity index (χ0) is 18.7. The lowest BCUT2D eigenvalue weighted by Crippen LogP contribution is -2.41. The average Bonchev–Trinajstić information content (AvgIpc) is 3.03. The summed E-state index contributed by atoms with van der Waals surface area (Å²) in [6, 6.07) is 5.41. The molecule has 1 aromatic heterocycles. The minimum absolute atomic E-state index is 0.0127. The topological polar surface area (TPSA) is 96.6 Å². The van der Waals surface area contributed by atoms with Gasteiger partial charge in [-0.15, -0.1) is 0 Å². The van der Waals surface area contributed by atoms with Crippen molar-refractivity contribution in [3.8, 4) is 11.6 Å². The monoisotopic (exact) mass is 360 g/mol. The van der Waals surface area contributed by atoms with Gasteiger partial charge in [0, 0.05) is 37.5 Å². The first-order valence-corrected chi connectivity index (χ1v) is 8.19. The minimum atomic E-state index is -0.598. The first kappa shape index (κ1) is 17.9. The van der Waals surface area contributed by atoms with E-state index < -0.39 is 5.82 Å². The highest BCUT2D eigenvalue weighted by Crippen LogP contribution is 2.25. The van der Waals surface area contributed by atoms with E-state index in [1.165, 1.54) is 24.5 Å². The van der Waals surface area contributed by atoms with Gasteiger partial charge < -0.3 is 20.3 Å². The van der Waals surface area contributed by atoms with E-state index in [9.17, 15) is 9.18 Å². The molecule has 0 spiro atoms. The normalized spacial score (nSPS) is 17.1. The van der Waals surface area contributed by atoms with Gasteiger partial charge in [-0.05, 0) is 32.1 Å². The molecule has 0 bridgehead atoms. The van der Waals surface area contributed by atoms with Crippen molar-refractivity contribution < 1.29 is 13.9 Å². The lowest BCUT2D eigenvalue weighted by atomic mass is 10.2. The Hall–Kier alpha value is -2.94. The molecule has 1 saturated heterocycles. The molecule has 1 aliphatic heterocycles. The van der Waals surface area contributed by atoms with E-state index in [1.54, 1.807) is 11.9 Å². The summed E-state index contributed by atoms with van der Waals surface area (Å²) in [6.45, 7) is 1.79. The molecule has 2 aromatic rings. The van der Waals surface area contributed by atoms with Crippen LogP contribution in [-0.2, 0) is 0 Å². The molecule has 3 N–H and O–H groups in total. The van der Waals surface area contributed by atoms with Gasteiger partial charge >= 0.3 is 6.03 Å². The van der Waals surface area contributed by atoms with Crippen LogP contribution in [0.3, 0.4) is 0 Å². The third-order valence-corrected chi connectivity index (χ3v) is 4.28. The largest absolute Gasteiger partial charge is 0.436 e. The van der Waals surface area contributed by atoms with E-state index >= 15 is 0 Å². The molecule has 1 unspecified atom stereocenters. The van der Waals surface area contributed by atoms with Crippen LogP contribution in [0, 0.1) is 5.82 Å². The summed E-state index contributed by atoms with van der Waals surface area (Å²) in [4.78, 5) is 24.2. The van der Waals surface area contributed by atoms with E-state index in [1.807, 2.05) is 7.05 Å². The fourth-order valence-corrected chi connectivity index (χ4v) is 2.77. The number of aromatic nitrogens is 2. The van der Waals surface area contributed by atoms with Crippen molar-refractivity contribution >= 4 is 17.5 Å². The summed E-state index contributed by atoms with van der Waals surface area (Å²) in [5.41, 5.74) is 5.81. The number of nitrogen functional groups attached to an aromatic ring is 1. The zero-order valence-corrected chi connectivity index (χ0v) is 14.6. The van der Waals surface area contributed by atoms with Crippen LogP contribution in [0.1, 0.15) is 6.42 Å². The Morgan fingerprint density at radius 3 is 2.92 bits per heavy atom. The summed E-state index contributed by atoms with van der Waals surface area (Å²) in [5.74, 6) is -0.225. The minimum Gasteiger partial charge on any atom is -0.436 e. The number of hydrogen-bond donors (Lipinski definition) is 2. The molecule has 1 aromatic carbocycles. The lowest BCUT2D eigenvalue weighted by molar-refractivity contribution is 0.204. The van der Waals surface area contributed by atoms with Gasteiger partial charge in [-0.3, -0.25) is 5.32 Å². The summed E-state index contributed by atoms with van der Waals surface area (Å²) in [6.07, 6.45) is 2.17. The van der Waals surface area contributed by atoms with Crippen molar-refractivity contribution in [2.75, 3.05) is 38.2 Å². The molecule has 1 fully saturated rings. The molecule has 1 aliphatic rings. The van der Waals surface area contributed by atoms with E-state index in [0.29, 0.717) is 5.69 Å². The molecule has 8 nitrogen and oxygen atoms in total. The van der Waals surface area contributed by atoms with E-state index in [4.69, 9.17) is 10.5 Å². The Balaban J connectivity index is 1.66. The first-order chi connectivity index (χ1) is 12.4. The van der Waals surface area contributed by atoms with Crippen molar-refractivity contribution in [3.05, 3.63) is 36.4 Å². The number of nitrogens with zero attached hydrogens (tertiary/aromatic N) is 4. The summed E-state index contributed by atoms with van der Waals surface area (Å²) in [7, 11) is 3.78. The maximum Gasteiger partial charge on any atom is 0.323 e. The molecule has 26 heavy (non-hydrogen) atoms. The van der Waals surface area contributed by atoms with E-state index in [2.05, 4.69) is 20.2 Å².